The van der Waals surface area contributed by atoms with E-state index < -0.39 is 0 Å². The Morgan fingerprint density at radius 2 is 2.00 bits per heavy atom. The zero-order valence-electron chi connectivity index (χ0n) is 13.4. The Kier molecular flexibility index (Phi) is 4.93. The van der Waals surface area contributed by atoms with Crippen LogP contribution in [0.2, 0.25) is 0 Å². The molecule has 0 saturated carbocycles. The number of hydrogen-bond acceptors (Lipinski definition) is 4. The molecule has 22 heavy (non-hydrogen) atoms. The van der Waals surface area contributed by atoms with Gasteiger partial charge in [-0.25, -0.2) is 5.43 Å². The topological polar surface area (TPSA) is 62.5 Å². The van der Waals surface area contributed by atoms with Gasteiger partial charge in [0.1, 0.15) is 6.54 Å². The highest BCUT2D eigenvalue weighted by Crippen LogP contribution is 2.10. The SMILES string of the molecule is Cc1cc(C)n(CC(=O)N/N=C/c2ccc(N(C)C)cc2)n1. The largest absolute Gasteiger partial charge is 0.378 e. The van der Waals surface area contributed by atoms with Gasteiger partial charge in [-0.2, -0.15) is 10.2 Å². The lowest BCUT2D eigenvalue weighted by atomic mass is 10.2. The van der Waals surface area contributed by atoms with Crippen LogP contribution in [-0.4, -0.2) is 36.0 Å². The van der Waals surface area contributed by atoms with Crippen LogP contribution in [-0.2, 0) is 11.3 Å². The van der Waals surface area contributed by atoms with E-state index >= 15 is 0 Å². The monoisotopic (exact) mass is 299 g/mol. The molecule has 0 spiro atoms. The first-order valence-electron chi connectivity index (χ1n) is 7.06. The van der Waals surface area contributed by atoms with Crippen molar-refractivity contribution in [3.05, 3.63) is 47.3 Å². The molecule has 0 fully saturated rings. The van der Waals surface area contributed by atoms with Crippen LogP contribution in [0.3, 0.4) is 0 Å². The number of anilines is 1. The zero-order chi connectivity index (χ0) is 16.1. The number of benzene rings is 1. The van der Waals surface area contributed by atoms with E-state index in [0.717, 1.165) is 22.6 Å². The van der Waals surface area contributed by atoms with Crippen LogP contribution in [0, 0.1) is 13.8 Å². The second kappa shape index (κ2) is 6.89. The first kappa shape index (κ1) is 15.8. The number of aryl methyl sites for hydroxylation is 2. The van der Waals surface area contributed by atoms with Crippen LogP contribution in [0.1, 0.15) is 17.0 Å². The summed E-state index contributed by atoms with van der Waals surface area (Å²) in [5, 5.41) is 8.21. The third-order valence-electron chi connectivity index (χ3n) is 3.21. The van der Waals surface area contributed by atoms with Crippen LogP contribution in [0.5, 0.6) is 0 Å². The van der Waals surface area contributed by atoms with Crippen molar-refractivity contribution in [2.75, 3.05) is 19.0 Å². The maximum atomic E-state index is 11.8. The molecule has 0 aliphatic carbocycles. The molecule has 1 aromatic heterocycles. The standard InChI is InChI=1S/C16H21N5O/c1-12-9-13(2)21(19-12)11-16(22)18-17-10-14-5-7-15(8-6-14)20(3)4/h5-10H,11H2,1-4H3,(H,18,22)/b17-10+. The van der Waals surface area contributed by atoms with E-state index in [0.29, 0.717) is 0 Å². The lowest BCUT2D eigenvalue weighted by molar-refractivity contribution is -0.121. The summed E-state index contributed by atoms with van der Waals surface area (Å²) in [5.41, 5.74) is 6.41. The molecule has 0 bridgehead atoms. The first-order valence-corrected chi connectivity index (χ1v) is 7.06. The molecule has 1 heterocycles. The van der Waals surface area contributed by atoms with E-state index in [1.165, 1.54) is 0 Å². The van der Waals surface area contributed by atoms with E-state index in [1.54, 1.807) is 10.9 Å². The summed E-state index contributed by atoms with van der Waals surface area (Å²) in [7, 11) is 3.98. The van der Waals surface area contributed by atoms with Crippen LogP contribution < -0.4 is 10.3 Å². The Morgan fingerprint density at radius 1 is 1.32 bits per heavy atom. The van der Waals surface area contributed by atoms with Crippen molar-refractivity contribution in [1.82, 2.24) is 15.2 Å². The number of nitrogens with one attached hydrogen (secondary N) is 1. The van der Waals surface area contributed by atoms with Crippen molar-refractivity contribution in [2.24, 2.45) is 5.10 Å². The molecule has 0 saturated heterocycles. The van der Waals surface area contributed by atoms with Crippen molar-refractivity contribution in [3.8, 4) is 0 Å². The highest BCUT2D eigenvalue weighted by atomic mass is 16.2. The summed E-state index contributed by atoms with van der Waals surface area (Å²) in [6.45, 7) is 3.98. The molecule has 2 rings (SSSR count). The summed E-state index contributed by atoms with van der Waals surface area (Å²) >= 11 is 0. The smallest absolute Gasteiger partial charge is 0.261 e. The Morgan fingerprint density at radius 3 is 2.55 bits per heavy atom. The molecule has 1 aromatic carbocycles. The molecule has 0 atom stereocenters. The van der Waals surface area contributed by atoms with Gasteiger partial charge in [-0.05, 0) is 37.6 Å². The van der Waals surface area contributed by atoms with Gasteiger partial charge < -0.3 is 4.90 Å². The number of carbonyl (C=O) groups excluding carboxylic acids is 1. The van der Waals surface area contributed by atoms with Gasteiger partial charge in [-0.15, -0.1) is 0 Å². The summed E-state index contributed by atoms with van der Waals surface area (Å²) in [5.74, 6) is -0.202. The van der Waals surface area contributed by atoms with Gasteiger partial charge in [-0.3, -0.25) is 9.48 Å². The van der Waals surface area contributed by atoms with E-state index in [2.05, 4.69) is 15.6 Å². The fraction of sp³-hybridized carbons (Fsp3) is 0.312. The van der Waals surface area contributed by atoms with E-state index in [-0.39, 0.29) is 12.5 Å². The molecular formula is C16H21N5O. The first-order chi connectivity index (χ1) is 10.5. The minimum absolute atomic E-state index is 0.163. The molecule has 0 aliphatic heterocycles. The van der Waals surface area contributed by atoms with Crippen LogP contribution in [0.25, 0.3) is 0 Å². The van der Waals surface area contributed by atoms with Crippen molar-refractivity contribution < 1.29 is 4.79 Å². The summed E-state index contributed by atoms with van der Waals surface area (Å²) < 4.78 is 1.66. The molecule has 2 aromatic rings. The molecule has 1 amide bonds. The number of carbonyl (C=O) groups is 1. The fourth-order valence-electron chi connectivity index (χ4n) is 2.04. The number of hydrogen-bond donors (Lipinski definition) is 1. The Hall–Kier alpha value is -2.63. The quantitative estimate of drug-likeness (QED) is 0.675. The number of hydrazone groups is 1. The van der Waals surface area contributed by atoms with Crippen molar-refractivity contribution in [1.29, 1.82) is 0 Å². The number of rotatable bonds is 5. The van der Waals surface area contributed by atoms with Gasteiger partial charge in [0.2, 0.25) is 0 Å². The number of aromatic nitrogens is 2. The third-order valence-corrected chi connectivity index (χ3v) is 3.21. The third kappa shape index (κ3) is 4.18. The lowest BCUT2D eigenvalue weighted by Crippen LogP contribution is -2.24. The van der Waals surface area contributed by atoms with Crippen molar-refractivity contribution in [3.63, 3.8) is 0 Å². The van der Waals surface area contributed by atoms with E-state index in [9.17, 15) is 4.79 Å². The minimum Gasteiger partial charge on any atom is -0.378 e. The second-order valence-corrected chi connectivity index (χ2v) is 5.36. The van der Waals surface area contributed by atoms with Gasteiger partial charge >= 0.3 is 0 Å². The summed E-state index contributed by atoms with van der Waals surface area (Å²) in [6.07, 6.45) is 1.62. The molecule has 6 heteroatoms. The predicted molar refractivity (Wildman–Crippen MR) is 88.2 cm³/mol. The highest BCUT2D eigenvalue weighted by Gasteiger charge is 2.05. The minimum atomic E-state index is -0.202. The lowest BCUT2D eigenvalue weighted by Gasteiger charge is -2.11. The normalized spacial score (nSPS) is 10.9. The van der Waals surface area contributed by atoms with E-state index in [1.807, 2.05) is 63.2 Å². The average Bonchev–Trinajstić information content (AvgIpc) is 2.77. The molecule has 6 nitrogen and oxygen atoms in total. The van der Waals surface area contributed by atoms with Crippen LogP contribution >= 0.6 is 0 Å². The zero-order valence-corrected chi connectivity index (χ0v) is 13.4. The van der Waals surface area contributed by atoms with Crippen LogP contribution in [0.15, 0.2) is 35.4 Å². The van der Waals surface area contributed by atoms with Gasteiger partial charge in [-0.1, -0.05) is 12.1 Å². The Bertz CT molecular complexity index is 670. The maximum Gasteiger partial charge on any atom is 0.261 e. The summed E-state index contributed by atoms with van der Waals surface area (Å²) in [4.78, 5) is 13.8. The Labute approximate surface area is 130 Å². The summed E-state index contributed by atoms with van der Waals surface area (Å²) in [6, 6.07) is 9.83. The molecule has 116 valence electrons. The average molecular weight is 299 g/mol. The van der Waals surface area contributed by atoms with Crippen molar-refractivity contribution in [2.45, 2.75) is 20.4 Å². The van der Waals surface area contributed by atoms with Gasteiger partial charge in [0, 0.05) is 25.5 Å². The molecule has 0 radical (unpaired) electrons. The molecule has 0 unspecified atom stereocenters. The highest BCUT2D eigenvalue weighted by molar-refractivity contribution is 5.82. The second-order valence-electron chi connectivity index (χ2n) is 5.36. The van der Waals surface area contributed by atoms with Crippen LogP contribution in [0.4, 0.5) is 5.69 Å². The Balaban J connectivity index is 1.89. The molecule has 1 N–H and O–H groups in total. The fourth-order valence-corrected chi connectivity index (χ4v) is 2.04. The van der Waals surface area contributed by atoms with Gasteiger partial charge in [0.15, 0.2) is 0 Å². The maximum absolute atomic E-state index is 11.8. The molecular weight excluding hydrogens is 278 g/mol. The van der Waals surface area contributed by atoms with Gasteiger partial charge in [0.05, 0.1) is 11.9 Å². The number of amides is 1. The van der Waals surface area contributed by atoms with Gasteiger partial charge in [0.25, 0.3) is 5.91 Å². The van der Waals surface area contributed by atoms with E-state index in [4.69, 9.17) is 0 Å². The molecule has 0 aliphatic rings. The van der Waals surface area contributed by atoms with Crippen molar-refractivity contribution >= 4 is 17.8 Å². The predicted octanol–water partition coefficient (Wildman–Crippen LogP) is 1.72. The number of nitrogens with zero attached hydrogens (tertiary/aromatic N) is 4.